The van der Waals surface area contributed by atoms with E-state index < -0.39 is 5.60 Å². The third-order valence-corrected chi connectivity index (χ3v) is 4.21. The third kappa shape index (κ3) is 4.31. The summed E-state index contributed by atoms with van der Waals surface area (Å²) in [6.07, 6.45) is 0.776. The molecule has 0 saturated carbocycles. The van der Waals surface area contributed by atoms with Crippen LogP contribution in [0.1, 0.15) is 20.3 Å². The Morgan fingerprint density at radius 2 is 2.31 bits per heavy atom. The molecule has 1 atom stereocenters. The van der Waals surface area contributed by atoms with E-state index in [4.69, 9.17) is 0 Å². The van der Waals surface area contributed by atoms with Crippen molar-refractivity contribution in [3.05, 3.63) is 0 Å². The van der Waals surface area contributed by atoms with Crippen LogP contribution in [0, 0.1) is 0 Å². The average Bonchev–Trinajstić information content (AvgIpc) is 2.63. The summed E-state index contributed by atoms with van der Waals surface area (Å²) in [5.74, 6) is 1.70. The maximum atomic E-state index is 11.6. The van der Waals surface area contributed by atoms with Crippen LogP contribution in [0.4, 0.5) is 0 Å². The summed E-state index contributed by atoms with van der Waals surface area (Å²) >= 11 is 1.74. The minimum atomic E-state index is -0.684. The highest BCUT2D eigenvalue weighted by Gasteiger charge is 2.31. The highest BCUT2D eigenvalue weighted by Crippen LogP contribution is 2.26. The minimum absolute atomic E-state index is 0.0125. The third-order valence-electron chi connectivity index (χ3n) is 2.97. The molecule has 0 spiro atoms. The fourth-order valence-corrected chi connectivity index (χ4v) is 2.76. The van der Waals surface area contributed by atoms with E-state index in [-0.39, 0.29) is 5.91 Å². The van der Waals surface area contributed by atoms with Gasteiger partial charge in [-0.1, -0.05) is 0 Å². The number of aliphatic hydroxyl groups is 1. The number of thioether (sulfide) groups is 1. The van der Waals surface area contributed by atoms with Crippen LogP contribution in [0.5, 0.6) is 0 Å². The number of likely N-dealkylation sites (N-methyl/N-ethyl adjacent to an activating group) is 1. The summed E-state index contributed by atoms with van der Waals surface area (Å²) in [6, 6.07) is 0.357. The van der Waals surface area contributed by atoms with Crippen LogP contribution >= 0.6 is 11.8 Å². The molecule has 1 aliphatic heterocycles. The fraction of sp³-hybridized carbons (Fsp3) is 0.909. The summed E-state index contributed by atoms with van der Waals surface area (Å²) in [6.45, 7) is 4.87. The molecule has 1 unspecified atom stereocenters. The van der Waals surface area contributed by atoms with Crippen LogP contribution in [-0.4, -0.2) is 59.2 Å². The molecule has 1 rings (SSSR count). The van der Waals surface area contributed by atoms with Gasteiger partial charge in [-0.3, -0.25) is 9.69 Å². The van der Waals surface area contributed by atoms with Gasteiger partial charge < -0.3 is 10.4 Å². The Hall–Kier alpha value is -0.260. The molecule has 0 bridgehead atoms. The number of rotatable bonds is 5. The van der Waals surface area contributed by atoms with Gasteiger partial charge in [-0.2, -0.15) is 11.8 Å². The number of carbonyl (C=O) groups is 1. The zero-order chi connectivity index (χ0) is 12.2. The first-order valence-corrected chi connectivity index (χ1v) is 6.85. The lowest BCUT2D eigenvalue weighted by molar-refractivity contribution is -0.123. The Bertz CT molecular complexity index is 240. The van der Waals surface area contributed by atoms with Gasteiger partial charge in [0.1, 0.15) is 0 Å². The minimum Gasteiger partial charge on any atom is -0.387 e. The Balaban J connectivity index is 2.24. The molecular weight excluding hydrogens is 224 g/mol. The van der Waals surface area contributed by atoms with E-state index in [1.165, 1.54) is 0 Å². The van der Waals surface area contributed by atoms with Crippen LogP contribution in [-0.2, 0) is 4.79 Å². The SMILES string of the molecule is CC(C)N(C)CC(=O)NCC1(O)CCSC1. The summed E-state index contributed by atoms with van der Waals surface area (Å²) in [5.41, 5.74) is -0.684. The topological polar surface area (TPSA) is 52.6 Å². The summed E-state index contributed by atoms with van der Waals surface area (Å²) in [7, 11) is 1.92. The number of nitrogens with one attached hydrogen (secondary N) is 1. The van der Waals surface area contributed by atoms with Crippen LogP contribution < -0.4 is 5.32 Å². The van der Waals surface area contributed by atoms with Gasteiger partial charge in [-0.15, -0.1) is 0 Å². The van der Waals surface area contributed by atoms with Gasteiger partial charge in [0.25, 0.3) is 0 Å². The maximum absolute atomic E-state index is 11.6. The molecule has 1 aliphatic rings. The number of hydrogen-bond donors (Lipinski definition) is 2. The smallest absolute Gasteiger partial charge is 0.234 e. The van der Waals surface area contributed by atoms with Crippen molar-refractivity contribution in [2.24, 2.45) is 0 Å². The average molecular weight is 246 g/mol. The molecule has 1 saturated heterocycles. The maximum Gasteiger partial charge on any atom is 0.234 e. The van der Waals surface area contributed by atoms with Crippen molar-refractivity contribution in [3.8, 4) is 0 Å². The largest absolute Gasteiger partial charge is 0.387 e. The van der Waals surface area contributed by atoms with Gasteiger partial charge in [0.15, 0.2) is 0 Å². The normalized spacial score (nSPS) is 25.4. The molecule has 0 aromatic carbocycles. The lowest BCUT2D eigenvalue weighted by atomic mass is 10.0. The second-order valence-corrected chi connectivity index (χ2v) is 5.92. The standard InChI is InChI=1S/C11H22N2O2S/c1-9(2)13(3)6-10(14)12-7-11(15)4-5-16-8-11/h9,15H,4-8H2,1-3H3,(H,12,14). The number of amides is 1. The van der Waals surface area contributed by atoms with Crippen molar-refractivity contribution in [3.63, 3.8) is 0 Å². The predicted molar refractivity (Wildman–Crippen MR) is 67.7 cm³/mol. The zero-order valence-corrected chi connectivity index (χ0v) is 11.1. The fourth-order valence-electron chi connectivity index (χ4n) is 1.46. The van der Waals surface area contributed by atoms with Crippen molar-refractivity contribution in [2.45, 2.75) is 31.9 Å². The number of carbonyl (C=O) groups excluding carboxylic acids is 1. The second-order valence-electron chi connectivity index (χ2n) is 4.81. The Kier molecular flexibility index (Phi) is 5.08. The molecule has 16 heavy (non-hydrogen) atoms. The van der Waals surface area contributed by atoms with Gasteiger partial charge in [0.2, 0.25) is 5.91 Å². The van der Waals surface area contributed by atoms with Crippen LogP contribution in [0.15, 0.2) is 0 Å². The monoisotopic (exact) mass is 246 g/mol. The van der Waals surface area contributed by atoms with Crippen molar-refractivity contribution >= 4 is 17.7 Å². The van der Waals surface area contributed by atoms with Gasteiger partial charge in [-0.05, 0) is 33.1 Å². The molecule has 0 aliphatic carbocycles. The van der Waals surface area contributed by atoms with E-state index in [2.05, 4.69) is 19.2 Å². The van der Waals surface area contributed by atoms with Gasteiger partial charge in [-0.25, -0.2) is 0 Å². The first-order chi connectivity index (χ1) is 7.43. The van der Waals surface area contributed by atoms with Crippen LogP contribution in [0.3, 0.4) is 0 Å². The van der Waals surface area contributed by atoms with Crippen molar-refractivity contribution < 1.29 is 9.90 Å². The quantitative estimate of drug-likeness (QED) is 0.733. The molecule has 94 valence electrons. The summed E-state index contributed by atoms with van der Waals surface area (Å²) in [5, 5.41) is 12.8. The molecule has 1 amide bonds. The highest BCUT2D eigenvalue weighted by molar-refractivity contribution is 7.99. The zero-order valence-electron chi connectivity index (χ0n) is 10.3. The second kappa shape index (κ2) is 5.89. The highest BCUT2D eigenvalue weighted by atomic mass is 32.2. The molecule has 0 aromatic heterocycles. The van der Waals surface area contributed by atoms with E-state index in [0.717, 1.165) is 17.9 Å². The Labute approximate surface area is 102 Å². The molecule has 1 heterocycles. The first kappa shape index (κ1) is 13.8. The van der Waals surface area contributed by atoms with Crippen LogP contribution in [0.25, 0.3) is 0 Å². The lowest BCUT2D eigenvalue weighted by Crippen LogP contribution is -2.46. The van der Waals surface area contributed by atoms with E-state index >= 15 is 0 Å². The van der Waals surface area contributed by atoms with Gasteiger partial charge in [0, 0.05) is 18.3 Å². The lowest BCUT2D eigenvalue weighted by Gasteiger charge is -2.24. The number of hydrogen-bond acceptors (Lipinski definition) is 4. The molecule has 1 fully saturated rings. The molecule has 0 aromatic rings. The van der Waals surface area contributed by atoms with E-state index in [9.17, 15) is 9.90 Å². The molecular formula is C11H22N2O2S. The van der Waals surface area contributed by atoms with Crippen molar-refractivity contribution in [1.29, 1.82) is 0 Å². The van der Waals surface area contributed by atoms with Crippen molar-refractivity contribution in [1.82, 2.24) is 10.2 Å². The van der Waals surface area contributed by atoms with E-state index in [1.807, 2.05) is 11.9 Å². The molecule has 5 heteroatoms. The molecule has 2 N–H and O–H groups in total. The van der Waals surface area contributed by atoms with E-state index in [1.54, 1.807) is 11.8 Å². The molecule has 0 radical (unpaired) electrons. The number of nitrogens with zero attached hydrogens (tertiary/aromatic N) is 1. The van der Waals surface area contributed by atoms with Gasteiger partial charge >= 0.3 is 0 Å². The first-order valence-electron chi connectivity index (χ1n) is 5.70. The molecule has 4 nitrogen and oxygen atoms in total. The summed E-state index contributed by atoms with van der Waals surface area (Å²) in [4.78, 5) is 13.6. The van der Waals surface area contributed by atoms with Gasteiger partial charge in [0.05, 0.1) is 12.1 Å². The Morgan fingerprint density at radius 3 is 2.81 bits per heavy atom. The summed E-state index contributed by atoms with van der Waals surface area (Å²) < 4.78 is 0. The van der Waals surface area contributed by atoms with E-state index in [0.29, 0.717) is 19.1 Å². The Morgan fingerprint density at radius 1 is 1.62 bits per heavy atom. The van der Waals surface area contributed by atoms with Crippen LogP contribution in [0.2, 0.25) is 0 Å². The predicted octanol–water partition coefficient (Wildman–Crippen LogP) is 0.311. The van der Waals surface area contributed by atoms with Crippen molar-refractivity contribution in [2.75, 3.05) is 31.6 Å².